The fourth-order valence-corrected chi connectivity index (χ4v) is 1.05. The summed E-state index contributed by atoms with van der Waals surface area (Å²) in [5.74, 6) is 1.43. The van der Waals surface area contributed by atoms with Crippen LogP contribution in [-0.4, -0.2) is 0 Å². The van der Waals surface area contributed by atoms with E-state index in [0.29, 0.717) is 5.75 Å². The highest BCUT2D eigenvalue weighted by molar-refractivity contribution is 5.13. The minimum absolute atomic E-state index is 0.692. The van der Waals surface area contributed by atoms with Crippen LogP contribution < -0.4 is 9.45 Å². The molecule has 0 fully saturated rings. The average Bonchev–Trinajstić information content (AvgIpc) is 2.26. The van der Waals surface area contributed by atoms with Gasteiger partial charge in [0.05, 0.1) is 0 Å². The van der Waals surface area contributed by atoms with Crippen molar-refractivity contribution in [2.45, 2.75) is 26.7 Å². The van der Waals surface area contributed by atoms with E-state index >= 15 is 0 Å². The Bertz CT molecular complexity index is 317. The summed E-state index contributed by atoms with van der Waals surface area (Å²) in [5.41, 5.74) is 0. The third kappa shape index (κ3) is 4.02. The first kappa shape index (κ1) is 11.6. The van der Waals surface area contributed by atoms with Gasteiger partial charge in [-0.15, -0.1) is 0 Å². The van der Waals surface area contributed by atoms with Crippen molar-refractivity contribution in [2.75, 3.05) is 0 Å². The minimum atomic E-state index is 0.692. The average molecular weight is 207 g/mol. The molecule has 3 nitrogen and oxygen atoms in total. The lowest BCUT2D eigenvalue weighted by atomic mass is 10.3. The van der Waals surface area contributed by atoms with Crippen LogP contribution in [0.5, 0.6) is 5.75 Å². The molecule has 1 aromatic heterocycles. The quantitative estimate of drug-likeness (QED) is 0.320. The van der Waals surface area contributed by atoms with Crippen LogP contribution >= 0.6 is 0 Å². The molecule has 0 aromatic carbocycles. The molecular weight excluding hydrogens is 190 g/mol. The van der Waals surface area contributed by atoms with Gasteiger partial charge in [-0.3, -0.25) is 9.78 Å². The van der Waals surface area contributed by atoms with E-state index in [1.165, 1.54) is 0 Å². The first-order chi connectivity index (χ1) is 7.26. The molecule has 0 amide bonds. The minimum Gasteiger partial charge on any atom is -0.294 e. The smallest absolute Gasteiger partial charge is 0.190 e. The van der Waals surface area contributed by atoms with Gasteiger partial charge >= 0.3 is 0 Å². The van der Waals surface area contributed by atoms with Crippen LogP contribution in [0.3, 0.4) is 0 Å². The van der Waals surface area contributed by atoms with Gasteiger partial charge in [-0.2, -0.15) is 0 Å². The van der Waals surface area contributed by atoms with E-state index in [-0.39, 0.29) is 0 Å². The second-order valence-corrected chi connectivity index (χ2v) is 3.17. The highest BCUT2D eigenvalue weighted by Crippen LogP contribution is 2.11. The van der Waals surface area contributed by atoms with Crippen molar-refractivity contribution in [2.24, 2.45) is 7.05 Å². The molecule has 81 valence electrons. The lowest BCUT2D eigenvalue weighted by Gasteiger charge is -2.06. The lowest BCUT2D eigenvalue weighted by Crippen LogP contribution is -2.25. The zero-order valence-corrected chi connectivity index (χ0v) is 9.49. The van der Waals surface area contributed by atoms with Gasteiger partial charge in [-0.05, 0) is 6.42 Å². The maximum Gasteiger partial charge on any atom is 0.190 e. The number of rotatable bonds is 5. The first-order valence-corrected chi connectivity index (χ1v) is 5.15. The summed E-state index contributed by atoms with van der Waals surface area (Å²) in [6, 6.07) is 3.69. The van der Waals surface area contributed by atoms with E-state index < -0.39 is 0 Å². The highest BCUT2D eigenvalue weighted by atomic mass is 17.2. The summed E-state index contributed by atoms with van der Waals surface area (Å²) in [6.45, 7) is 4.02. The summed E-state index contributed by atoms with van der Waals surface area (Å²) in [5, 5.41) is 0. The highest BCUT2D eigenvalue weighted by Gasteiger charge is 2.00. The Morgan fingerprint density at radius 2 is 2.00 bits per heavy atom. The van der Waals surface area contributed by atoms with E-state index in [1.807, 2.05) is 50.0 Å². The van der Waals surface area contributed by atoms with E-state index in [9.17, 15) is 0 Å². The maximum atomic E-state index is 5.15. The van der Waals surface area contributed by atoms with Crippen molar-refractivity contribution >= 4 is 0 Å². The maximum absolute atomic E-state index is 5.15. The summed E-state index contributed by atoms with van der Waals surface area (Å²) in [4.78, 5) is 10.3. The molecule has 0 N–H and O–H groups in total. The van der Waals surface area contributed by atoms with E-state index in [2.05, 4.69) is 6.08 Å². The third-order valence-electron chi connectivity index (χ3n) is 1.88. The number of aryl methyl sites for hydroxylation is 1. The first-order valence-electron chi connectivity index (χ1n) is 5.15. The van der Waals surface area contributed by atoms with Crippen LogP contribution in [0, 0.1) is 6.08 Å². The van der Waals surface area contributed by atoms with Crippen molar-refractivity contribution in [1.82, 2.24) is 0 Å². The normalized spacial score (nSPS) is 11.3. The largest absolute Gasteiger partial charge is 0.294 e. The molecule has 0 aliphatic carbocycles. The molecule has 3 heteroatoms. The van der Waals surface area contributed by atoms with Crippen LogP contribution in [0.25, 0.3) is 0 Å². The molecule has 0 aliphatic rings. The number of allylic oxidation sites excluding steroid dienone is 2. The molecule has 0 bridgehead atoms. The second kappa shape index (κ2) is 6.06. The van der Waals surface area contributed by atoms with Crippen LogP contribution in [-0.2, 0) is 11.9 Å². The molecule has 0 saturated carbocycles. The predicted molar refractivity (Wildman–Crippen MR) is 56.7 cm³/mol. The van der Waals surface area contributed by atoms with Crippen molar-refractivity contribution in [1.29, 1.82) is 0 Å². The topological polar surface area (TPSA) is 22.3 Å². The molecule has 1 rings (SSSR count). The van der Waals surface area contributed by atoms with Crippen molar-refractivity contribution in [3.63, 3.8) is 0 Å². The Labute approximate surface area is 90.9 Å². The van der Waals surface area contributed by atoms with Crippen molar-refractivity contribution in [3.05, 3.63) is 36.4 Å². The fraction of sp³-hybridized carbons (Fsp3) is 0.417. The zero-order chi connectivity index (χ0) is 11.1. The Morgan fingerprint density at radius 1 is 1.33 bits per heavy atom. The molecule has 1 heterocycles. The van der Waals surface area contributed by atoms with Crippen LogP contribution in [0.15, 0.2) is 30.3 Å². The van der Waals surface area contributed by atoms with Gasteiger partial charge in [-0.1, -0.05) is 13.8 Å². The zero-order valence-electron chi connectivity index (χ0n) is 9.49. The monoisotopic (exact) mass is 207 g/mol. The predicted octanol–water partition coefficient (Wildman–Crippen LogP) is 2.33. The van der Waals surface area contributed by atoms with Crippen molar-refractivity contribution in [3.8, 4) is 5.75 Å². The van der Waals surface area contributed by atoms with Crippen molar-refractivity contribution < 1.29 is 14.3 Å². The Morgan fingerprint density at radius 3 is 2.53 bits per heavy atom. The van der Waals surface area contributed by atoms with Crippen LogP contribution in [0.4, 0.5) is 0 Å². The number of aromatic nitrogens is 1. The van der Waals surface area contributed by atoms with Gasteiger partial charge in [0.25, 0.3) is 0 Å². The number of hydrogen-bond donors (Lipinski definition) is 0. The lowest BCUT2D eigenvalue weighted by molar-refractivity contribution is -0.671. The summed E-state index contributed by atoms with van der Waals surface area (Å²) in [7, 11) is 1.95. The second-order valence-electron chi connectivity index (χ2n) is 3.17. The molecule has 15 heavy (non-hydrogen) atoms. The van der Waals surface area contributed by atoms with Gasteiger partial charge in [0, 0.05) is 24.6 Å². The molecular formula is C12H17NO2+. The van der Waals surface area contributed by atoms with E-state index in [0.717, 1.165) is 18.6 Å². The van der Waals surface area contributed by atoms with Gasteiger partial charge in [-0.25, -0.2) is 4.57 Å². The van der Waals surface area contributed by atoms with E-state index in [4.69, 9.17) is 9.78 Å². The molecule has 1 radical (unpaired) electrons. The molecule has 0 unspecified atom stereocenters. The van der Waals surface area contributed by atoms with Crippen LogP contribution in [0.1, 0.15) is 26.7 Å². The Balaban J connectivity index is 2.49. The number of pyridine rings is 1. The summed E-state index contributed by atoms with van der Waals surface area (Å²) < 4.78 is 1.93. The molecule has 0 atom stereocenters. The molecule has 0 spiro atoms. The molecule has 0 aliphatic heterocycles. The summed E-state index contributed by atoms with van der Waals surface area (Å²) in [6.07, 6.45) is 8.49. The molecule has 0 saturated heterocycles. The van der Waals surface area contributed by atoms with Gasteiger partial charge in [0.15, 0.2) is 23.9 Å². The standard InChI is InChI=1S/C12H17NO2/c1-4-6-11(5-2)14-15-12-7-9-13(3)10-8-12/h7-10H,4-5H2,1-3H3/q+1. The molecule has 1 aromatic rings. The Hall–Kier alpha value is -1.51. The number of hydrogen-bond acceptors (Lipinski definition) is 2. The summed E-state index contributed by atoms with van der Waals surface area (Å²) >= 11 is 0. The SMILES string of the molecule is CC[C]=C(CC)OOc1cc[n+](C)cc1. The fourth-order valence-electron chi connectivity index (χ4n) is 1.05. The number of nitrogens with zero attached hydrogens (tertiary/aromatic N) is 1. The van der Waals surface area contributed by atoms with Gasteiger partial charge in [0.2, 0.25) is 0 Å². The van der Waals surface area contributed by atoms with Crippen LogP contribution in [0.2, 0.25) is 0 Å². The van der Waals surface area contributed by atoms with Gasteiger partial charge < -0.3 is 0 Å². The third-order valence-corrected chi connectivity index (χ3v) is 1.88. The van der Waals surface area contributed by atoms with Gasteiger partial charge in [0.1, 0.15) is 7.05 Å². The Kier molecular flexibility index (Phi) is 4.68. The van der Waals surface area contributed by atoms with E-state index in [1.54, 1.807) is 0 Å².